The standard InChI is InChI=1S/C26H41BrO4/c1-3-5-7-9-11-13-15-19-30-25(28)23-18-17-22(27)21-24(23)26(29)31-20-16-14-12-10-8-6-4-2/h17-18,21H,3-16,19-20H2,1-2H3. The number of carbonyl (C=O) groups is 2. The highest BCUT2D eigenvalue weighted by molar-refractivity contribution is 9.10. The summed E-state index contributed by atoms with van der Waals surface area (Å²) in [5, 5.41) is 0. The molecule has 0 aliphatic carbocycles. The van der Waals surface area contributed by atoms with Crippen molar-refractivity contribution in [2.24, 2.45) is 0 Å². The number of carbonyl (C=O) groups excluding carboxylic acids is 2. The second kappa shape index (κ2) is 18.2. The van der Waals surface area contributed by atoms with Gasteiger partial charge in [-0.2, -0.15) is 0 Å². The van der Waals surface area contributed by atoms with Gasteiger partial charge in [-0.3, -0.25) is 0 Å². The summed E-state index contributed by atoms with van der Waals surface area (Å²) in [5.74, 6) is -0.920. The van der Waals surface area contributed by atoms with E-state index in [0.29, 0.717) is 13.2 Å². The van der Waals surface area contributed by atoms with Gasteiger partial charge in [0.2, 0.25) is 0 Å². The maximum absolute atomic E-state index is 12.5. The summed E-state index contributed by atoms with van der Waals surface area (Å²) in [6.45, 7) is 5.18. The maximum Gasteiger partial charge on any atom is 0.339 e. The largest absolute Gasteiger partial charge is 0.462 e. The van der Waals surface area contributed by atoms with Crippen LogP contribution in [0, 0.1) is 0 Å². The predicted molar refractivity (Wildman–Crippen MR) is 131 cm³/mol. The minimum Gasteiger partial charge on any atom is -0.462 e. The molecule has 31 heavy (non-hydrogen) atoms. The van der Waals surface area contributed by atoms with Crippen molar-refractivity contribution in [2.45, 2.75) is 104 Å². The van der Waals surface area contributed by atoms with Crippen molar-refractivity contribution < 1.29 is 19.1 Å². The molecule has 0 heterocycles. The van der Waals surface area contributed by atoms with Gasteiger partial charge in [0, 0.05) is 4.47 Å². The molecule has 0 saturated heterocycles. The van der Waals surface area contributed by atoms with Gasteiger partial charge in [-0.25, -0.2) is 9.59 Å². The zero-order valence-electron chi connectivity index (χ0n) is 19.6. The fourth-order valence-electron chi connectivity index (χ4n) is 3.47. The van der Waals surface area contributed by atoms with Crippen LogP contribution in [0.3, 0.4) is 0 Å². The molecule has 0 atom stereocenters. The Balaban J connectivity index is 2.38. The molecule has 1 rings (SSSR count). The minimum atomic E-state index is -0.463. The lowest BCUT2D eigenvalue weighted by molar-refractivity contribution is 0.0450. The summed E-state index contributed by atoms with van der Waals surface area (Å²) in [6.07, 6.45) is 16.3. The molecule has 0 fully saturated rings. The van der Waals surface area contributed by atoms with Gasteiger partial charge in [0.25, 0.3) is 0 Å². The molecule has 0 bridgehead atoms. The van der Waals surface area contributed by atoms with Crippen LogP contribution in [0.25, 0.3) is 0 Å². The van der Waals surface area contributed by atoms with E-state index in [1.807, 2.05) is 0 Å². The predicted octanol–water partition coefficient (Wildman–Crippen LogP) is 8.26. The number of hydrogen-bond acceptors (Lipinski definition) is 4. The number of benzene rings is 1. The first-order chi connectivity index (χ1) is 15.1. The van der Waals surface area contributed by atoms with Gasteiger partial charge < -0.3 is 9.47 Å². The van der Waals surface area contributed by atoms with Crippen LogP contribution in [-0.4, -0.2) is 25.2 Å². The van der Waals surface area contributed by atoms with Gasteiger partial charge in [-0.15, -0.1) is 0 Å². The highest BCUT2D eigenvalue weighted by Gasteiger charge is 2.20. The fraction of sp³-hybridized carbons (Fsp3) is 0.692. The van der Waals surface area contributed by atoms with Gasteiger partial charge in [-0.1, -0.05) is 107 Å². The van der Waals surface area contributed by atoms with Crippen LogP contribution in [0.2, 0.25) is 0 Å². The number of ether oxygens (including phenoxy) is 2. The van der Waals surface area contributed by atoms with Crippen molar-refractivity contribution in [3.8, 4) is 0 Å². The number of halogens is 1. The Bertz CT molecular complexity index is 630. The summed E-state index contributed by atoms with van der Waals surface area (Å²) < 4.78 is 11.6. The van der Waals surface area contributed by atoms with Crippen LogP contribution in [0.1, 0.15) is 124 Å². The van der Waals surface area contributed by atoms with E-state index >= 15 is 0 Å². The Kier molecular flexibility index (Phi) is 16.3. The molecule has 4 nitrogen and oxygen atoms in total. The normalized spacial score (nSPS) is 10.8. The third kappa shape index (κ3) is 12.9. The minimum absolute atomic E-state index is 0.266. The molecular weight excluding hydrogens is 456 g/mol. The second-order valence-corrected chi connectivity index (χ2v) is 9.12. The summed E-state index contributed by atoms with van der Waals surface area (Å²) in [4.78, 5) is 25.1. The third-order valence-corrected chi connectivity index (χ3v) is 5.88. The number of esters is 2. The Hall–Kier alpha value is -1.36. The van der Waals surface area contributed by atoms with E-state index in [0.717, 1.165) is 30.2 Å². The average Bonchev–Trinajstić information content (AvgIpc) is 2.77. The van der Waals surface area contributed by atoms with E-state index < -0.39 is 11.9 Å². The molecule has 0 aliphatic heterocycles. The number of unbranched alkanes of at least 4 members (excludes halogenated alkanes) is 12. The quantitative estimate of drug-likeness (QED) is 0.151. The van der Waals surface area contributed by atoms with E-state index in [9.17, 15) is 9.59 Å². The lowest BCUT2D eigenvalue weighted by atomic mass is 10.1. The van der Waals surface area contributed by atoms with E-state index in [2.05, 4.69) is 29.8 Å². The van der Waals surface area contributed by atoms with Crippen molar-refractivity contribution in [1.82, 2.24) is 0 Å². The van der Waals surface area contributed by atoms with Gasteiger partial charge in [0.1, 0.15) is 0 Å². The zero-order valence-corrected chi connectivity index (χ0v) is 21.1. The highest BCUT2D eigenvalue weighted by atomic mass is 79.9. The van der Waals surface area contributed by atoms with E-state index in [1.165, 1.54) is 64.2 Å². The molecule has 0 radical (unpaired) electrons. The van der Waals surface area contributed by atoms with Gasteiger partial charge in [0.15, 0.2) is 0 Å². The van der Waals surface area contributed by atoms with Crippen LogP contribution < -0.4 is 0 Å². The maximum atomic E-state index is 12.5. The first-order valence-corrected chi connectivity index (χ1v) is 13.0. The summed E-state index contributed by atoms with van der Waals surface area (Å²) in [6, 6.07) is 5.01. The molecule has 5 heteroatoms. The van der Waals surface area contributed by atoms with Crippen molar-refractivity contribution in [1.29, 1.82) is 0 Å². The van der Waals surface area contributed by atoms with Crippen molar-refractivity contribution >= 4 is 27.9 Å². The van der Waals surface area contributed by atoms with Crippen LogP contribution in [0.4, 0.5) is 0 Å². The lowest BCUT2D eigenvalue weighted by Crippen LogP contribution is -2.15. The summed E-state index contributed by atoms with van der Waals surface area (Å²) >= 11 is 3.38. The Morgan fingerprint density at radius 3 is 1.55 bits per heavy atom. The van der Waals surface area contributed by atoms with E-state index in [1.54, 1.807) is 18.2 Å². The smallest absolute Gasteiger partial charge is 0.339 e. The molecule has 0 aromatic heterocycles. The van der Waals surface area contributed by atoms with Crippen molar-refractivity contribution in [2.75, 3.05) is 13.2 Å². The monoisotopic (exact) mass is 496 g/mol. The zero-order chi connectivity index (χ0) is 22.7. The SMILES string of the molecule is CCCCCCCCCOC(=O)c1ccc(Br)cc1C(=O)OCCCCCCCCC. The van der Waals surface area contributed by atoms with Gasteiger partial charge >= 0.3 is 11.9 Å². The topological polar surface area (TPSA) is 52.6 Å². The van der Waals surface area contributed by atoms with Gasteiger partial charge in [0.05, 0.1) is 24.3 Å². The first kappa shape index (κ1) is 27.7. The van der Waals surface area contributed by atoms with Crippen LogP contribution >= 0.6 is 15.9 Å². The molecule has 0 spiro atoms. The second-order valence-electron chi connectivity index (χ2n) is 8.20. The summed E-state index contributed by atoms with van der Waals surface area (Å²) in [5.41, 5.74) is 0.539. The average molecular weight is 498 g/mol. The highest BCUT2D eigenvalue weighted by Crippen LogP contribution is 2.19. The summed E-state index contributed by atoms with van der Waals surface area (Å²) in [7, 11) is 0. The number of hydrogen-bond donors (Lipinski definition) is 0. The van der Waals surface area contributed by atoms with E-state index in [4.69, 9.17) is 9.47 Å². The third-order valence-electron chi connectivity index (χ3n) is 5.38. The molecule has 0 aliphatic rings. The van der Waals surface area contributed by atoms with Gasteiger partial charge in [-0.05, 0) is 31.0 Å². The van der Waals surface area contributed by atoms with E-state index in [-0.39, 0.29) is 11.1 Å². The molecule has 0 unspecified atom stereocenters. The molecule has 1 aromatic rings. The van der Waals surface area contributed by atoms with Crippen LogP contribution in [0.15, 0.2) is 22.7 Å². The number of rotatable bonds is 18. The Labute approximate surface area is 197 Å². The van der Waals surface area contributed by atoms with Crippen molar-refractivity contribution in [3.63, 3.8) is 0 Å². The molecule has 0 amide bonds. The Morgan fingerprint density at radius 1 is 0.645 bits per heavy atom. The first-order valence-electron chi connectivity index (χ1n) is 12.2. The molecule has 0 N–H and O–H groups in total. The molecule has 176 valence electrons. The van der Waals surface area contributed by atoms with Crippen LogP contribution in [0.5, 0.6) is 0 Å². The fourth-order valence-corrected chi connectivity index (χ4v) is 3.83. The van der Waals surface area contributed by atoms with Crippen LogP contribution in [-0.2, 0) is 9.47 Å². The molecule has 0 saturated carbocycles. The molecule has 1 aromatic carbocycles. The van der Waals surface area contributed by atoms with Crippen molar-refractivity contribution in [3.05, 3.63) is 33.8 Å². The Morgan fingerprint density at radius 2 is 1.06 bits per heavy atom. The molecular formula is C26H41BrO4. The lowest BCUT2D eigenvalue weighted by Gasteiger charge is -2.11.